The predicted octanol–water partition coefficient (Wildman–Crippen LogP) is 2.70. The molecule has 0 bridgehead atoms. The molecule has 0 amide bonds. The third-order valence-electron chi connectivity index (χ3n) is 1.31. The van der Waals surface area contributed by atoms with Crippen molar-refractivity contribution in [2.24, 2.45) is 5.92 Å². The maximum atomic E-state index is 9.25. The monoisotopic (exact) mass is 182 g/mol. The Morgan fingerprint density at radius 3 is 2.31 bits per heavy atom. The number of aliphatic carboxylic acids is 1. The lowest BCUT2D eigenvalue weighted by molar-refractivity contribution is -0.131. The normalized spacial score (nSPS) is 9.77. The van der Waals surface area contributed by atoms with Crippen LogP contribution in [-0.2, 0) is 4.79 Å². The molecule has 2 heteroatoms. The molecule has 0 saturated carbocycles. The summed E-state index contributed by atoms with van der Waals surface area (Å²) < 4.78 is 0. The van der Waals surface area contributed by atoms with Crippen molar-refractivity contribution in [3.8, 4) is 11.8 Å². The third-order valence-corrected chi connectivity index (χ3v) is 1.31. The first-order valence-electron chi connectivity index (χ1n) is 4.42. The van der Waals surface area contributed by atoms with Gasteiger partial charge in [-0.1, -0.05) is 27.4 Å². The van der Waals surface area contributed by atoms with Crippen LogP contribution in [0.4, 0.5) is 0 Å². The smallest absolute Gasteiger partial charge is 0.327 e. The van der Waals surface area contributed by atoms with E-state index in [0.717, 1.165) is 12.5 Å². The van der Waals surface area contributed by atoms with Crippen LogP contribution in [0.5, 0.6) is 0 Å². The first kappa shape index (κ1) is 14.3. The Bertz CT molecular complexity index is 196. The van der Waals surface area contributed by atoms with Gasteiger partial charge in [-0.05, 0) is 6.42 Å². The molecular weight excluding hydrogens is 164 g/mol. The first-order chi connectivity index (χ1) is 6.08. The van der Waals surface area contributed by atoms with Crippen molar-refractivity contribution < 1.29 is 9.90 Å². The molecule has 74 valence electrons. The lowest BCUT2D eigenvalue weighted by atomic mass is 10.1. The molecule has 2 nitrogen and oxygen atoms in total. The molecule has 0 saturated heterocycles. The third kappa shape index (κ3) is 18.1. The van der Waals surface area contributed by atoms with Gasteiger partial charge < -0.3 is 5.11 Å². The Hall–Kier alpha value is -1.23. The van der Waals surface area contributed by atoms with E-state index in [1.807, 2.05) is 0 Å². The van der Waals surface area contributed by atoms with Crippen LogP contribution in [0.25, 0.3) is 0 Å². The molecule has 0 heterocycles. The minimum Gasteiger partial charge on any atom is -0.478 e. The van der Waals surface area contributed by atoms with E-state index < -0.39 is 5.97 Å². The van der Waals surface area contributed by atoms with E-state index in [4.69, 9.17) is 5.11 Å². The topological polar surface area (TPSA) is 37.3 Å². The summed E-state index contributed by atoms with van der Waals surface area (Å²) in [6, 6.07) is 0. The summed E-state index contributed by atoms with van der Waals surface area (Å²) in [5.74, 6) is 5.79. The van der Waals surface area contributed by atoms with Gasteiger partial charge in [-0.2, -0.15) is 0 Å². The Morgan fingerprint density at radius 1 is 1.62 bits per heavy atom. The van der Waals surface area contributed by atoms with Crippen molar-refractivity contribution in [2.45, 2.75) is 33.6 Å². The molecule has 0 aromatic heterocycles. The fourth-order valence-electron chi connectivity index (χ4n) is 0.378. The minimum atomic E-state index is -0.981. The van der Waals surface area contributed by atoms with E-state index in [0.29, 0.717) is 5.92 Å². The molecular formula is C11H18O2. The Kier molecular flexibility index (Phi) is 11.8. The van der Waals surface area contributed by atoms with Gasteiger partial charge in [0.15, 0.2) is 0 Å². The largest absolute Gasteiger partial charge is 0.478 e. The van der Waals surface area contributed by atoms with Gasteiger partial charge in [-0.25, -0.2) is 4.79 Å². The second-order valence-corrected chi connectivity index (χ2v) is 2.53. The molecule has 0 aliphatic heterocycles. The fraction of sp³-hybridized carbons (Fsp3) is 0.545. The average Bonchev–Trinajstić information content (AvgIpc) is 2.15. The van der Waals surface area contributed by atoms with Gasteiger partial charge in [0, 0.05) is 18.4 Å². The Labute approximate surface area is 80.7 Å². The Morgan fingerprint density at radius 2 is 2.08 bits per heavy atom. The number of carboxylic acids is 1. The van der Waals surface area contributed by atoms with Gasteiger partial charge in [0.1, 0.15) is 0 Å². The molecule has 0 radical (unpaired) electrons. The van der Waals surface area contributed by atoms with Crippen LogP contribution in [0, 0.1) is 17.8 Å². The molecule has 0 spiro atoms. The SMILES string of the molecule is C=CC(=O)O.CCC#CC(C)CC. The fourth-order valence-corrected chi connectivity index (χ4v) is 0.378. The molecule has 0 aromatic carbocycles. The van der Waals surface area contributed by atoms with Gasteiger partial charge in [-0.3, -0.25) is 0 Å². The van der Waals surface area contributed by atoms with Crippen LogP contribution < -0.4 is 0 Å². The summed E-state index contributed by atoms with van der Waals surface area (Å²) in [4.78, 5) is 9.25. The second kappa shape index (κ2) is 10.8. The second-order valence-electron chi connectivity index (χ2n) is 2.53. The number of hydrogen-bond donors (Lipinski definition) is 1. The van der Waals surface area contributed by atoms with E-state index in [2.05, 4.69) is 39.2 Å². The van der Waals surface area contributed by atoms with Crippen LogP contribution in [0.3, 0.4) is 0 Å². The van der Waals surface area contributed by atoms with Crippen molar-refractivity contribution >= 4 is 5.97 Å². The van der Waals surface area contributed by atoms with Crippen molar-refractivity contribution in [3.63, 3.8) is 0 Å². The van der Waals surface area contributed by atoms with Crippen LogP contribution in [-0.4, -0.2) is 11.1 Å². The first-order valence-corrected chi connectivity index (χ1v) is 4.42. The van der Waals surface area contributed by atoms with Crippen molar-refractivity contribution in [3.05, 3.63) is 12.7 Å². The predicted molar refractivity (Wildman–Crippen MR) is 55.4 cm³/mol. The molecule has 0 aliphatic carbocycles. The zero-order valence-corrected chi connectivity index (χ0v) is 8.63. The quantitative estimate of drug-likeness (QED) is 0.526. The molecule has 0 aromatic rings. The van der Waals surface area contributed by atoms with Gasteiger partial charge in [-0.15, -0.1) is 11.8 Å². The minimum absolute atomic E-state index is 0.593. The van der Waals surface area contributed by atoms with Crippen molar-refractivity contribution in [2.75, 3.05) is 0 Å². The molecule has 1 atom stereocenters. The van der Waals surface area contributed by atoms with Crippen LogP contribution >= 0.6 is 0 Å². The van der Waals surface area contributed by atoms with Crippen LogP contribution in [0.2, 0.25) is 0 Å². The standard InChI is InChI=1S/C8H14.C3H4O2/c1-4-6-7-8(3)5-2;1-2-3(4)5/h8H,4-5H2,1-3H3;2H,1H2,(H,4,5). The number of hydrogen-bond acceptors (Lipinski definition) is 1. The summed E-state index contributed by atoms with van der Waals surface area (Å²) in [6.45, 7) is 9.36. The lowest BCUT2D eigenvalue weighted by Crippen LogP contribution is -1.83. The maximum absolute atomic E-state index is 9.25. The lowest BCUT2D eigenvalue weighted by Gasteiger charge is -1.92. The summed E-state index contributed by atoms with van der Waals surface area (Å²) in [6.07, 6.45) is 3.00. The van der Waals surface area contributed by atoms with Gasteiger partial charge in [0.2, 0.25) is 0 Å². The Balaban J connectivity index is 0. The van der Waals surface area contributed by atoms with Crippen LogP contribution in [0.1, 0.15) is 33.6 Å². The number of rotatable bonds is 2. The number of carboxylic acid groups (broad SMARTS) is 1. The molecule has 0 aliphatic rings. The van der Waals surface area contributed by atoms with E-state index in [1.165, 1.54) is 6.42 Å². The van der Waals surface area contributed by atoms with Gasteiger partial charge in [0.05, 0.1) is 0 Å². The highest BCUT2D eigenvalue weighted by Gasteiger charge is 1.86. The highest BCUT2D eigenvalue weighted by Crippen LogP contribution is 1.96. The van der Waals surface area contributed by atoms with Crippen molar-refractivity contribution in [1.82, 2.24) is 0 Å². The summed E-state index contributed by atoms with van der Waals surface area (Å²) >= 11 is 0. The molecule has 13 heavy (non-hydrogen) atoms. The average molecular weight is 182 g/mol. The molecule has 1 unspecified atom stereocenters. The summed E-state index contributed by atoms with van der Waals surface area (Å²) in [5.41, 5.74) is 0. The molecule has 0 fully saturated rings. The number of carbonyl (C=O) groups is 1. The van der Waals surface area contributed by atoms with E-state index >= 15 is 0 Å². The molecule has 0 rings (SSSR count). The van der Waals surface area contributed by atoms with E-state index in [1.54, 1.807) is 0 Å². The van der Waals surface area contributed by atoms with Crippen molar-refractivity contribution in [1.29, 1.82) is 0 Å². The summed E-state index contributed by atoms with van der Waals surface area (Å²) in [7, 11) is 0. The van der Waals surface area contributed by atoms with E-state index in [9.17, 15) is 4.79 Å². The van der Waals surface area contributed by atoms with Crippen LogP contribution in [0.15, 0.2) is 12.7 Å². The highest BCUT2D eigenvalue weighted by molar-refractivity contribution is 5.78. The van der Waals surface area contributed by atoms with Gasteiger partial charge in [0.25, 0.3) is 0 Å². The van der Waals surface area contributed by atoms with E-state index in [-0.39, 0.29) is 0 Å². The molecule has 1 N–H and O–H groups in total. The maximum Gasteiger partial charge on any atom is 0.327 e. The highest BCUT2D eigenvalue weighted by atomic mass is 16.4. The zero-order valence-electron chi connectivity index (χ0n) is 8.63. The van der Waals surface area contributed by atoms with Gasteiger partial charge >= 0.3 is 5.97 Å². The zero-order chi connectivity index (χ0) is 10.7. The summed E-state index contributed by atoms with van der Waals surface area (Å²) in [5, 5.41) is 7.60.